The zero-order valence-electron chi connectivity index (χ0n) is 16.3. The number of rotatable bonds is 7. The number of carbonyl (C=O) groups is 2. The number of aryl methyl sites for hydroxylation is 2. The van der Waals surface area contributed by atoms with E-state index >= 15 is 0 Å². The van der Waals surface area contributed by atoms with Gasteiger partial charge in [-0.15, -0.1) is 0 Å². The van der Waals surface area contributed by atoms with Crippen LogP contribution in [-0.4, -0.2) is 48.8 Å². The van der Waals surface area contributed by atoms with Crippen molar-refractivity contribution >= 4 is 17.5 Å². The molecular weight excluding hydrogens is 345 g/mol. The van der Waals surface area contributed by atoms with Crippen LogP contribution in [0.4, 0.5) is 10.1 Å². The predicted molar refractivity (Wildman–Crippen MR) is 105 cm³/mol. The van der Waals surface area contributed by atoms with Crippen LogP contribution in [-0.2, 0) is 16.1 Å². The van der Waals surface area contributed by atoms with Gasteiger partial charge < -0.3 is 10.2 Å². The third-order valence-electron chi connectivity index (χ3n) is 4.22. The van der Waals surface area contributed by atoms with Gasteiger partial charge in [0.2, 0.25) is 11.8 Å². The number of amides is 2. The maximum Gasteiger partial charge on any atom is 0.243 e. The SMILES string of the molecule is Cc1ccc(C)c(NC(=O)CN(C)C(=O)CN(C)Cc2cccc(F)c2)c1. The molecule has 144 valence electrons. The van der Waals surface area contributed by atoms with E-state index in [1.54, 1.807) is 25.1 Å². The van der Waals surface area contributed by atoms with Crippen molar-refractivity contribution in [2.24, 2.45) is 0 Å². The van der Waals surface area contributed by atoms with E-state index in [4.69, 9.17) is 0 Å². The molecule has 27 heavy (non-hydrogen) atoms. The largest absolute Gasteiger partial charge is 0.335 e. The fraction of sp³-hybridized carbons (Fsp3) is 0.333. The monoisotopic (exact) mass is 371 g/mol. The fourth-order valence-corrected chi connectivity index (χ4v) is 2.72. The van der Waals surface area contributed by atoms with E-state index in [2.05, 4.69) is 5.32 Å². The van der Waals surface area contributed by atoms with Crippen LogP contribution < -0.4 is 5.32 Å². The smallest absolute Gasteiger partial charge is 0.243 e. The molecule has 5 nitrogen and oxygen atoms in total. The van der Waals surface area contributed by atoms with E-state index in [1.807, 2.05) is 38.1 Å². The molecule has 0 aromatic heterocycles. The third-order valence-corrected chi connectivity index (χ3v) is 4.22. The number of hydrogen-bond donors (Lipinski definition) is 1. The normalized spacial score (nSPS) is 10.7. The molecule has 2 amide bonds. The average Bonchev–Trinajstić information content (AvgIpc) is 2.57. The fourth-order valence-electron chi connectivity index (χ4n) is 2.72. The Balaban J connectivity index is 1.85. The summed E-state index contributed by atoms with van der Waals surface area (Å²) in [6, 6.07) is 12.1. The summed E-state index contributed by atoms with van der Waals surface area (Å²) in [6.45, 7) is 4.44. The molecule has 0 spiro atoms. The Morgan fingerprint density at radius 1 is 1.04 bits per heavy atom. The molecule has 0 saturated heterocycles. The second-order valence-corrected chi connectivity index (χ2v) is 6.92. The van der Waals surface area contributed by atoms with Gasteiger partial charge in [0, 0.05) is 19.3 Å². The van der Waals surface area contributed by atoms with Gasteiger partial charge in [0.15, 0.2) is 0 Å². The molecule has 2 aromatic carbocycles. The summed E-state index contributed by atoms with van der Waals surface area (Å²) >= 11 is 0. The lowest BCUT2D eigenvalue weighted by molar-refractivity contribution is -0.134. The van der Waals surface area contributed by atoms with Crippen molar-refractivity contribution in [1.29, 1.82) is 0 Å². The molecule has 0 heterocycles. The number of hydrogen-bond acceptors (Lipinski definition) is 3. The van der Waals surface area contributed by atoms with Crippen LogP contribution in [0.15, 0.2) is 42.5 Å². The van der Waals surface area contributed by atoms with E-state index < -0.39 is 0 Å². The number of carbonyl (C=O) groups excluding carboxylic acids is 2. The summed E-state index contributed by atoms with van der Waals surface area (Å²) in [4.78, 5) is 27.8. The molecule has 2 aromatic rings. The lowest BCUT2D eigenvalue weighted by Crippen LogP contribution is -2.40. The predicted octanol–water partition coefficient (Wildman–Crippen LogP) is 2.97. The van der Waals surface area contributed by atoms with Crippen LogP contribution in [0.25, 0.3) is 0 Å². The first-order chi connectivity index (χ1) is 12.7. The Morgan fingerprint density at radius 3 is 2.48 bits per heavy atom. The van der Waals surface area contributed by atoms with Gasteiger partial charge in [-0.25, -0.2) is 4.39 Å². The Hall–Kier alpha value is -2.73. The van der Waals surface area contributed by atoms with Crippen molar-refractivity contribution < 1.29 is 14.0 Å². The van der Waals surface area contributed by atoms with E-state index in [0.29, 0.717) is 6.54 Å². The molecule has 0 radical (unpaired) electrons. The molecule has 0 aliphatic rings. The minimum Gasteiger partial charge on any atom is -0.335 e. The van der Waals surface area contributed by atoms with Crippen molar-refractivity contribution in [2.45, 2.75) is 20.4 Å². The highest BCUT2D eigenvalue weighted by molar-refractivity contribution is 5.95. The summed E-state index contributed by atoms with van der Waals surface area (Å²) in [7, 11) is 3.38. The first-order valence-electron chi connectivity index (χ1n) is 8.78. The number of nitrogens with one attached hydrogen (secondary N) is 1. The Bertz CT molecular complexity index is 823. The Kier molecular flexibility index (Phi) is 7.07. The second kappa shape index (κ2) is 9.28. The van der Waals surface area contributed by atoms with Crippen molar-refractivity contribution in [3.05, 3.63) is 65.0 Å². The highest BCUT2D eigenvalue weighted by atomic mass is 19.1. The van der Waals surface area contributed by atoms with Crippen LogP contribution in [0.2, 0.25) is 0 Å². The minimum absolute atomic E-state index is 0.0278. The van der Waals surface area contributed by atoms with Gasteiger partial charge in [0.05, 0.1) is 13.1 Å². The maximum absolute atomic E-state index is 13.2. The van der Waals surface area contributed by atoms with Gasteiger partial charge in [-0.2, -0.15) is 0 Å². The van der Waals surface area contributed by atoms with Gasteiger partial charge >= 0.3 is 0 Å². The van der Waals surface area contributed by atoms with Crippen LogP contribution in [0.3, 0.4) is 0 Å². The molecule has 0 unspecified atom stereocenters. The number of halogens is 1. The van der Waals surface area contributed by atoms with Gasteiger partial charge in [-0.1, -0.05) is 24.3 Å². The molecule has 0 aliphatic carbocycles. The third kappa shape index (κ3) is 6.49. The molecular formula is C21H26FN3O2. The summed E-state index contributed by atoms with van der Waals surface area (Å²) in [5.74, 6) is -0.718. The summed E-state index contributed by atoms with van der Waals surface area (Å²) < 4.78 is 13.2. The standard InChI is InChI=1S/C21H26FN3O2/c1-15-8-9-16(2)19(10-15)23-20(26)13-25(4)21(27)14-24(3)12-17-6-5-7-18(22)11-17/h5-11H,12-14H2,1-4H3,(H,23,26). The second-order valence-electron chi connectivity index (χ2n) is 6.92. The molecule has 0 fully saturated rings. The highest BCUT2D eigenvalue weighted by Crippen LogP contribution is 2.16. The first-order valence-corrected chi connectivity index (χ1v) is 8.78. The molecule has 2 rings (SSSR count). The number of benzene rings is 2. The molecule has 0 bridgehead atoms. The Labute approximate surface area is 159 Å². The van der Waals surface area contributed by atoms with Crippen molar-refractivity contribution in [1.82, 2.24) is 9.80 Å². The molecule has 6 heteroatoms. The zero-order chi connectivity index (χ0) is 20.0. The number of nitrogens with zero attached hydrogens (tertiary/aromatic N) is 2. The lowest BCUT2D eigenvalue weighted by atomic mass is 10.1. The van der Waals surface area contributed by atoms with Crippen molar-refractivity contribution in [3.8, 4) is 0 Å². The van der Waals surface area contributed by atoms with Crippen LogP contribution in [0, 0.1) is 19.7 Å². The van der Waals surface area contributed by atoms with E-state index in [1.165, 1.54) is 17.0 Å². The minimum atomic E-state index is -0.299. The van der Waals surface area contributed by atoms with E-state index in [-0.39, 0.29) is 30.7 Å². The van der Waals surface area contributed by atoms with Crippen LogP contribution in [0.1, 0.15) is 16.7 Å². The van der Waals surface area contributed by atoms with E-state index in [0.717, 1.165) is 22.4 Å². The van der Waals surface area contributed by atoms with Gasteiger partial charge in [0.25, 0.3) is 0 Å². The van der Waals surface area contributed by atoms with Crippen molar-refractivity contribution in [2.75, 3.05) is 32.5 Å². The molecule has 0 atom stereocenters. The van der Waals surface area contributed by atoms with Gasteiger partial charge in [0.1, 0.15) is 5.82 Å². The van der Waals surface area contributed by atoms with Crippen molar-refractivity contribution in [3.63, 3.8) is 0 Å². The lowest BCUT2D eigenvalue weighted by Gasteiger charge is -2.22. The summed E-state index contributed by atoms with van der Waals surface area (Å²) in [5.41, 5.74) is 3.57. The zero-order valence-corrected chi connectivity index (χ0v) is 16.3. The van der Waals surface area contributed by atoms with Crippen LogP contribution in [0.5, 0.6) is 0 Å². The molecule has 0 saturated carbocycles. The summed E-state index contributed by atoms with van der Waals surface area (Å²) in [5, 5.41) is 2.85. The summed E-state index contributed by atoms with van der Waals surface area (Å²) in [6.07, 6.45) is 0. The maximum atomic E-state index is 13.2. The first kappa shape index (κ1) is 20.6. The van der Waals surface area contributed by atoms with Crippen LogP contribution >= 0.6 is 0 Å². The number of anilines is 1. The highest BCUT2D eigenvalue weighted by Gasteiger charge is 2.16. The van der Waals surface area contributed by atoms with E-state index in [9.17, 15) is 14.0 Å². The molecule has 0 aliphatic heterocycles. The van der Waals surface area contributed by atoms with Gasteiger partial charge in [-0.3, -0.25) is 14.5 Å². The molecule has 1 N–H and O–H groups in total. The Morgan fingerprint density at radius 2 is 1.78 bits per heavy atom. The quantitative estimate of drug-likeness (QED) is 0.814. The topological polar surface area (TPSA) is 52.7 Å². The number of likely N-dealkylation sites (N-methyl/N-ethyl adjacent to an activating group) is 2. The average molecular weight is 371 g/mol. The van der Waals surface area contributed by atoms with Gasteiger partial charge in [-0.05, 0) is 55.8 Å².